The Labute approximate surface area is 185 Å². The Morgan fingerprint density at radius 2 is 1.77 bits per heavy atom. The highest BCUT2D eigenvalue weighted by atomic mass is 35.5. The van der Waals surface area contributed by atoms with E-state index in [1.807, 2.05) is 30.0 Å². The largest absolute Gasteiger partial charge is 0.473 e. The van der Waals surface area contributed by atoms with Crippen LogP contribution in [-0.4, -0.2) is 52.4 Å². The summed E-state index contributed by atoms with van der Waals surface area (Å²) in [5.74, 6) is -0.636. The predicted octanol–water partition coefficient (Wildman–Crippen LogP) is 4.96. The number of carboxylic acid groups (broad SMARTS) is 2. The summed E-state index contributed by atoms with van der Waals surface area (Å²) in [6.45, 7) is 7.77. The summed E-state index contributed by atoms with van der Waals surface area (Å²) >= 11 is 8.27. The van der Waals surface area contributed by atoms with Crippen molar-refractivity contribution < 1.29 is 24.5 Å². The summed E-state index contributed by atoms with van der Waals surface area (Å²) < 4.78 is 6.18. The lowest BCUT2D eigenvalue weighted by Gasteiger charge is -2.21. The number of thioether (sulfide) groups is 1. The van der Waals surface area contributed by atoms with Crippen LogP contribution in [0.5, 0.6) is 11.5 Å². The van der Waals surface area contributed by atoms with Gasteiger partial charge >= 0.3 is 11.9 Å². The zero-order chi connectivity index (χ0) is 22.1. The van der Waals surface area contributed by atoms with Crippen molar-refractivity contribution >= 4 is 35.3 Å². The lowest BCUT2D eigenvalue weighted by atomic mass is 10.0. The molecule has 0 saturated heterocycles. The summed E-state index contributed by atoms with van der Waals surface area (Å²) in [7, 11) is 0. The third-order valence-corrected chi connectivity index (χ3v) is 6.20. The lowest BCUT2D eigenvalue weighted by molar-refractivity contribution is -0.159. The molecule has 0 spiro atoms. The fourth-order valence-corrected chi connectivity index (χ4v) is 4.57. The monoisotopic (exact) mass is 451 g/mol. The van der Waals surface area contributed by atoms with Crippen molar-refractivity contribution in [3.63, 3.8) is 0 Å². The van der Waals surface area contributed by atoms with Gasteiger partial charge in [-0.3, -0.25) is 0 Å². The number of fused-ring (bicyclic) bond motifs is 2. The minimum Gasteiger partial charge on any atom is -0.473 e. The third-order valence-electron chi connectivity index (χ3n) is 4.72. The fraction of sp³-hybridized carbons (Fsp3) is 0.364. The molecule has 1 aliphatic heterocycles. The Hall–Kier alpha value is -2.22. The van der Waals surface area contributed by atoms with Crippen LogP contribution in [-0.2, 0) is 16.0 Å². The number of para-hydroxylation sites is 1. The van der Waals surface area contributed by atoms with E-state index in [-0.39, 0.29) is 0 Å². The van der Waals surface area contributed by atoms with Gasteiger partial charge in [-0.2, -0.15) is 11.8 Å². The standard InChI is InChI=1S/C20H24ClNOS.C2H2O4/c1-3-22(4-2)11-12-24-20-13-15-7-5-6-8-18(15)23-19-10-9-16(21)14-17(19)20;3-1(4)2(5)6/h5-10,14,20H,3-4,11-13H2,1-2H3;(H,3,4)(H,5,6). The first-order valence-electron chi connectivity index (χ1n) is 9.71. The van der Waals surface area contributed by atoms with E-state index in [9.17, 15) is 0 Å². The molecular formula is C22H26ClNO5S. The fourth-order valence-electron chi connectivity index (χ4n) is 3.08. The van der Waals surface area contributed by atoms with E-state index in [1.54, 1.807) is 0 Å². The molecule has 0 radical (unpaired) electrons. The molecular weight excluding hydrogens is 426 g/mol. The van der Waals surface area contributed by atoms with Gasteiger partial charge in [0.15, 0.2) is 0 Å². The van der Waals surface area contributed by atoms with Gasteiger partial charge < -0.3 is 19.8 Å². The number of nitrogens with zero attached hydrogens (tertiary/aromatic N) is 1. The van der Waals surface area contributed by atoms with E-state index >= 15 is 0 Å². The summed E-state index contributed by atoms with van der Waals surface area (Å²) in [4.78, 5) is 20.7. The summed E-state index contributed by atoms with van der Waals surface area (Å²) in [5.41, 5.74) is 2.48. The number of benzene rings is 2. The molecule has 1 unspecified atom stereocenters. The molecule has 0 amide bonds. The highest BCUT2D eigenvalue weighted by molar-refractivity contribution is 7.99. The maximum atomic E-state index is 9.10. The molecule has 0 saturated carbocycles. The molecule has 2 N–H and O–H groups in total. The molecule has 6 nitrogen and oxygen atoms in total. The first-order valence-corrected chi connectivity index (χ1v) is 11.1. The first-order chi connectivity index (χ1) is 14.3. The van der Waals surface area contributed by atoms with Gasteiger partial charge in [0, 0.05) is 28.1 Å². The molecule has 1 heterocycles. The number of hydrogen-bond donors (Lipinski definition) is 2. The SMILES string of the molecule is CCN(CC)CCSC1Cc2ccccc2Oc2ccc(Cl)cc21.O=C(O)C(=O)O. The van der Waals surface area contributed by atoms with Crippen LogP contribution in [0.2, 0.25) is 5.02 Å². The van der Waals surface area contributed by atoms with Gasteiger partial charge in [-0.15, -0.1) is 0 Å². The van der Waals surface area contributed by atoms with Crippen molar-refractivity contribution in [2.45, 2.75) is 25.5 Å². The molecule has 2 aromatic carbocycles. The van der Waals surface area contributed by atoms with Crippen LogP contribution in [0.1, 0.15) is 30.2 Å². The normalized spacial score (nSPS) is 14.5. The van der Waals surface area contributed by atoms with Crippen LogP contribution >= 0.6 is 23.4 Å². The van der Waals surface area contributed by atoms with Crippen molar-refractivity contribution in [2.75, 3.05) is 25.4 Å². The second-order valence-electron chi connectivity index (χ2n) is 6.59. The Balaban J connectivity index is 0.000000469. The van der Waals surface area contributed by atoms with E-state index in [2.05, 4.69) is 43.0 Å². The zero-order valence-electron chi connectivity index (χ0n) is 17.0. The van der Waals surface area contributed by atoms with E-state index in [0.29, 0.717) is 5.25 Å². The van der Waals surface area contributed by atoms with Crippen LogP contribution in [0.4, 0.5) is 0 Å². The highest BCUT2D eigenvalue weighted by Gasteiger charge is 2.24. The first kappa shape index (κ1) is 24.1. The predicted molar refractivity (Wildman–Crippen MR) is 120 cm³/mol. The van der Waals surface area contributed by atoms with Gasteiger partial charge in [0.2, 0.25) is 0 Å². The molecule has 30 heavy (non-hydrogen) atoms. The van der Waals surface area contributed by atoms with Gasteiger partial charge in [0.25, 0.3) is 0 Å². The molecule has 0 fully saturated rings. The minimum absolute atomic E-state index is 0.373. The molecule has 1 aliphatic rings. The number of ether oxygens (including phenoxy) is 1. The van der Waals surface area contributed by atoms with Crippen LogP contribution in [0.15, 0.2) is 42.5 Å². The van der Waals surface area contributed by atoms with Crippen molar-refractivity contribution in [1.29, 1.82) is 0 Å². The second-order valence-corrected chi connectivity index (χ2v) is 8.34. The van der Waals surface area contributed by atoms with Crippen LogP contribution in [0.3, 0.4) is 0 Å². The second kappa shape index (κ2) is 11.8. The summed E-state index contributed by atoms with van der Waals surface area (Å²) in [5, 5.41) is 15.9. The van der Waals surface area contributed by atoms with Crippen LogP contribution in [0.25, 0.3) is 0 Å². The number of carboxylic acids is 2. The van der Waals surface area contributed by atoms with Crippen LogP contribution in [0, 0.1) is 0 Å². The average molecular weight is 452 g/mol. The van der Waals surface area contributed by atoms with Crippen molar-refractivity contribution in [3.05, 3.63) is 58.6 Å². The summed E-state index contributed by atoms with van der Waals surface area (Å²) in [6, 6.07) is 14.3. The highest BCUT2D eigenvalue weighted by Crippen LogP contribution is 2.45. The van der Waals surface area contributed by atoms with Gasteiger partial charge in [-0.25, -0.2) is 9.59 Å². The Bertz CT molecular complexity index is 860. The van der Waals surface area contributed by atoms with Gasteiger partial charge in [0.1, 0.15) is 11.5 Å². The maximum Gasteiger partial charge on any atom is 0.414 e. The molecule has 0 aliphatic carbocycles. The zero-order valence-corrected chi connectivity index (χ0v) is 18.6. The Morgan fingerprint density at radius 3 is 2.40 bits per heavy atom. The molecule has 8 heteroatoms. The number of halogens is 1. The van der Waals surface area contributed by atoms with Gasteiger partial charge in [-0.1, -0.05) is 43.6 Å². The third kappa shape index (κ3) is 6.93. The lowest BCUT2D eigenvalue weighted by Crippen LogP contribution is -2.25. The topological polar surface area (TPSA) is 87.1 Å². The van der Waals surface area contributed by atoms with Crippen molar-refractivity contribution in [2.24, 2.45) is 0 Å². The summed E-state index contributed by atoms with van der Waals surface area (Å²) in [6.07, 6.45) is 0.979. The number of hydrogen-bond acceptors (Lipinski definition) is 5. The molecule has 3 rings (SSSR count). The average Bonchev–Trinajstić information content (AvgIpc) is 2.88. The number of carbonyl (C=O) groups is 2. The van der Waals surface area contributed by atoms with Crippen LogP contribution < -0.4 is 4.74 Å². The van der Waals surface area contributed by atoms with Crippen molar-refractivity contribution in [3.8, 4) is 11.5 Å². The van der Waals surface area contributed by atoms with E-state index < -0.39 is 11.9 Å². The molecule has 1 atom stereocenters. The van der Waals surface area contributed by atoms with E-state index in [0.717, 1.165) is 48.3 Å². The van der Waals surface area contributed by atoms with Gasteiger partial charge in [-0.05, 0) is 49.3 Å². The van der Waals surface area contributed by atoms with E-state index in [4.69, 9.17) is 36.1 Å². The molecule has 162 valence electrons. The molecule has 0 bridgehead atoms. The van der Waals surface area contributed by atoms with Gasteiger partial charge in [0.05, 0.1) is 0 Å². The number of rotatable bonds is 6. The Morgan fingerprint density at radius 1 is 1.10 bits per heavy atom. The molecule has 0 aromatic heterocycles. The minimum atomic E-state index is -1.82. The van der Waals surface area contributed by atoms with Crippen molar-refractivity contribution in [1.82, 2.24) is 4.90 Å². The van der Waals surface area contributed by atoms with E-state index in [1.165, 1.54) is 11.1 Å². The maximum absolute atomic E-state index is 9.10. The number of aliphatic carboxylic acids is 2. The Kier molecular flexibility index (Phi) is 9.49. The smallest absolute Gasteiger partial charge is 0.414 e. The molecule has 2 aromatic rings. The quantitative estimate of drug-likeness (QED) is 0.600.